The van der Waals surface area contributed by atoms with Gasteiger partial charge in [-0.15, -0.1) is 0 Å². The molecular weight excluding hydrogens is 912 g/mol. The van der Waals surface area contributed by atoms with Crippen molar-refractivity contribution in [2.75, 3.05) is 40.9 Å². The van der Waals surface area contributed by atoms with Crippen LogP contribution in [0.4, 0.5) is 0 Å². The molecule has 0 bridgehead atoms. The highest BCUT2D eigenvalue weighted by atomic mass is 31.2. The highest BCUT2D eigenvalue weighted by molar-refractivity contribution is 7.47. The van der Waals surface area contributed by atoms with Crippen molar-refractivity contribution in [2.24, 2.45) is 0 Å². The van der Waals surface area contributed by atoms with E-state index in [2.05, 4.69) is 141 Å². The molecule has 3 atom stereocenters. The van der Waals surface area contributed by atoms with E-state index < -0.39 is 20.0 Å². The maximum absolute atomic E-state index is 12.9. The maximum atomic E-state index is 12.9. The number of unbranched alkanes of at least 4 members (excludes halogenated alkanes) is 17. The van der Waals surface area contributed by atoms with Crippen LogP contribution >= 0.6 is 7.82 Å². The van der Waals surface area contributed by atoms with E-state index in [9.17, 15) is 19.4 Å². The van der Waals surface area contributed by atoms with Gasteiger partial charge in [0.1, 0.15) is 13.2 Å². The first-order chi connectivity index (χ1) is 35.0. The summed E-state index contributed by atoms with van der Waals surface area (Å²) in [7, 11) is 1.55. The van der Waals surface area contributed by atoms with E-state index in [4.69, 9.17) is 9.05 Å². The number of allylic oxidation sites excluding steroid dienone is 21. The van der Waals surface area contributed by atoms with Gasteiger partial charge in [0.05, 0.1) is 39.9 Å². The number of likely N-dealkylation sites (N-methyl/N-ethyl adjacent to an activating group) is 1. The second kappa shape index (κ2) is 52.5. The Kier molecular flexibility index (Phi) is 50.1. The van der Waals surface area contributed by atoms with Gasteiger partial charge in [0.2, 0.25) is 5.91 Å². The Morgan fingerprint density at radius 3 is 1.22 bits per heavy atom. The van der Waals surface area contributed by atoms with Gasteiger partial charge in [-0.3, -0.25) is 13.8 Å². The minimum Gasteiger partial charge on any atom is -0.387 e. The smallest absolute Gasteiger partial charge is 0.387 e. The van der Waals surface area contributed by atoms with Crippen LogP contribution in [0.3, 0.4) is 0 Å². The number of aliphatic hydroxyl groups is 1. The van der Waals surface area contributed by atoms with Crippen LogP contribution in [0.15, 0.2) is 134 Å². The van der Waals surface area contributed by atoms with E-state index in [0.717, 1.165) is 109 Å². The number of phosphoric ester groups is 1. The normalized spacial score (nSPS) is 14.9. The molecule has 9 heteroatoms. The van der Waals surface area contributed by atoms with Gasteiger partial charge in [0.25, 0.3) is 0 Å². The zero-order valence-corrected chi connectivity index (χ0v) is 47.5. The molecule has 0 fully saturated rings. The number of amides is 1. The molecule has 72 heavy (non-hydrogen) atoms. The topological polar surface area (TPSA) is 105 Å². The predicted molar refractivity (Wildman–Crippen MR) is 313 cm³/mol. The Labute approximate surface area is 443 Å². The van der Waals surface area contributed by atoms with Crippen LogP contribution in [0.25, 0.3) is 0 Å². The van der Waals surface area contributed by atoms with Gasteiger partial charge in [-0.2, -0.15) is 0 Å². The third-order valence-electron chi connectivity index (χ3n) is 11.9. The number of nitrogens with zero attached hydrogens (tertiary/aromatic N) is 1. The molecule has 0 saturated heterocycles. The molecule has 0 rings (SSSR count). The summed E-state index contributed by atoms with van der Waals surface area (Å²) in [5.41, 5.74) is 0. The lowest BCUT2D eigenvalue weighted by molar-refractivity contribution is -0.870. The van der Waals surface area contributed by atoms with Crippen molar-refractivity contribution in [2.45, 2.75) is 219 Å². The standard InChI is InChI=1S/C63H107N2O6P/c1-6-8-10-12-14-16-17-18-19-20-21-22-23-24-25-26-27-28-29-30-31-32-33-34-35-36-37-38-39-40-41-42-43-44-45-46-47-49-51-53-55-57-63(67)64-61(60-71-72(68,69)70-59-58-65(3,4)5)62(66)56-54-52-50-48-15-13-11-9-7-2/h8,10,14,16,18-19,21-22,24-25,27-28,30-31,33-34,36-37,39-40,54,56,61-62,66H,6-7,9,11-13,15,17,20,23,26,29,32,35,38,41-53,55,57-60H2,1-5H3,(H-,64,67,68,69)/p+1/b10-8-,16-14-,19-18-,22-21-,25-24-,28-27-,31-30-,34-33-,37-36-,40-39-,56-54+. The van der Waals surface area contributed by atoms with E-state index in [0.29, 0.717) is 17.4 Å². The minimum atomic E-state index is -4.34. The number of carbonyl (C=O) groups excluding carboxylic acids is 1. The van der Waals surface area contributed by atoms with Gasteiger partial charge in [-0.05, 0) is 96.3 Å². The van der Waals surface area contributed by atoms with Crippen molar-refractivity contribution < 1.29 is 32.9 Å². The average Bonchev–Trinajstić information content (AvgIpc) is 3.34. The molecule has 3 N–H and O–H groups in total. The number of hydrogen-bond donors (Lipinski definition) is 3. The molecule has 0 spiro atoms. The number of nitrogens with one attached hydrogen (secondary N) is 1. The van der Waals surface area contributed by atoms with E-state index in [-0.39, 0.29) is 19.1 Å². The van der Waals surface area contributed by atoms with Crippen molar-refractivity contribution in [3.63, 3.8) is 0 Å². The molecule has 8 nitrogen and oxygen atoms in total. The molecule has 0 aromatic heterocycles. The quantitative estimate of drug-likeness (QED) is 0.0243. The first kappa shape index (κ1) is 68.6. The summed E-state index contributed by atoms with van der Waals surface area (Å²) in [5.74, 6) is -0.190. The first-order valence-electron chi connectivity index (χ1n) is 28.6. The number of quaternary nitrogens is 1. The second-order valence-corrected chi connectivity index (χ2v) is 21.4. The molecule has 410 valence electrons. The second-order valence-electron chi connectivity index (χ2n) is 19.9. The average molecular weight is 1020 g/mol. The minimum absolute atomic E-state index is 0.0545. The predicted octanol–water partition coefficient (Wildman–Crippen LogP) is 17.5. The highest BCUT2D eigenvalue weighted by Gasteiger charge is 2.27. The van der Waals surface area contributed by atoms with Crippen molar-refractivity contribution >= 4 is 13.7 Å². The Bertz CT molecular complexity index is 1630. The Morgan fingerprint density at radius 2 is 0.833 bits per heavy atom. The Hall–Kier alpha value is -3.36. The third kappa shape index (κ3) is 54.4. The van der Waals surface area contributed by atoms with Gasteiger partial charge in [0.15, 0.2) is 0 Å². The van der Waals surface area contributed by atoms with Gasteiger partial charge in [-0.25, -0.2) is 4.57 Å². The fourth-order valence-electron chi connectivity index (χ4n) is 7.42. The highest BCUT2D eigenvalue weighted by Crippen LogP contribution is 2.43. The molecular formula is C63H108N2O6P+. The summed E-state index contributed by atoms with van der Waals surface area (Å²) in [6.45, 7) is 4.64. The van der Waals surface area contributed by atoms with E-state index in [1.54, 1.807) is 6.08 Å². The summed E-state index contributed by atoms with van der Waals surface area (Å²) in [6.07, 6.45) is 80.0. The summed E-state index contributed by atoms with van der Waals surface area (Å²) in [6, 6.07) is -0.855. The molecule has 0 aliphatic heterocycles. The van der Waals surface area contributed by atoms with Crippen molar-refractivity contribution in [3.8, 4) is 0 Å². The maximum Gasteiger partial charge on any atom is 0.472 e. The van der Waals surface area contributed by atoms with E-state index in [1.807, 2.05) is 27.2 Å². The van der Waals surface area contributed by atoms with Crippen molar-refractivity contribution in [1.82, 2.24) is 5.32 Å². The van der Waals surface area contributed by atoms with Gasteiger partial charge in [0, 0.05) is 6.42 Å². The summed E-state index contributed by atoms with van der Waals surface area (Å²) < 4.78 is 23.6. The zero-order chi connectivity index (χ0) is 52.7. The fraction of sp³-hybridized carbons (Fsp3) is 0.635. The van der Waals surface area contributed by atoms with Crippen molar-refractivity contribution in [3.05, 3.63) is 134 Å². The lowest BCUT2D eigenvalue weighted by Crippen LogP contribution is -2.45. The van der Waals surface area contributed by atoms with Crippen LogP contribution in [0.1, 0.15) is 206 Å². The Balaban J connectivity index is 4.02. The van der Waals surface area contributed by atoms with E-state index in [1.165, 1.54) is 77.0 Å². The summed E-state index contributed by atoms with van der Waals surface area (Å²) >= 11 is 0. The summed E-state index contributed by atoms with van der Waals surface area (Å²) in [5, 5.41) is 13.8. The number of hydrogen-bond acceptors (Lipinski definition) is 5. The SMILES string of the molecule is CC/C=C\C/C=C\C/C=C\C/C=C\C/C=C\C/C=C\C/C=C\C/C=C\C/C=C\C/C=C\CCCCCCCCCCCCC(=O)NC(COP(=O)(O)OCC[N+](C)(C)C)C(O)/C=C/CCCCCCCCC. The molecule has 0 aliphatic carbocycles. The summed E-state index contributed by atoms with van der Waals surface area (Å²) in [4.78, 5) is 23.2. The van der Waals surface area contributed by atoms with E-state index >= 15 is 0 Å². The molecule has 3 unspecified atom stereocenters. The van der Waals surface area contributed by atoms with Crippen LogP contribution in [0.5, 0.6) is 0 Å². The van der Waals surface area contributed by atoms with Crippen molar-refractivity contribution in [1.29, 1.82) is 0 Å². The van der Waals surface area contributed by atoms with Gasteiger partial charge >= 0.3 is 7.82 Å². The number of aliphatic hydroxyl groups excluding tert-OH is 1. The lowest BCUT2D eigenvalue weighted by Gasteiger charge is -2.25. The molecule has 0 aliphatic rings. The molecule has 1 amide bonds. The van der Waals surface area contributed by atoms with Crippen LogP contribution in [0.2, 0.25) is 0 Å². The third-order valence-corrected chi connectivity index (χ3v) is 12.9. The van der Waals surface area contributed by atoms with Crippen LogP contribution < -0.4 is 5.32 Å². The zero-order valence-electron chi connectivity index (χ0n) is 46.6. The number of carbonyl (C=O) groups is 1. The fourth-order valence-corrected chi connectivity index (χ4v) is 8.16. The molecule has 0 saturated carbocycles. The molecule has 0 radical (unpaired) electrons. The number of rotatable bonds is 50. The number of phosphoric acid groups is 1. The van der Waals surface area contributed by atoms with Gasteiger partial charge in [-0.1, -0.05) is 237 Å². The van der Waals surface area contributed by atoms with Crippen LogP contribution in [-0.4, -0.2) is 73.4 Å². The van der Waals surface area contributed by atoms with Crippen LogP contribution in [-0.2, 0) is 18.4 Å². The monoisotopic (exact) mass is 1020 g/mol. The molecule has 0 heterocycles. The lowest BCUT2D eigenvalue weighted by atomic mass is 10.0. The van der Waals surface area contributed by atoms with Crippen LogP contribution in [0, 0.1) is 0 Å². The molecule has 0 aromatic carbocycles. The van der Waals surface area contributed by atoms with Gasteiger partial charge < -0.3 is 19.8 Å². The molecule has 0 aromatic rings. The largest absolute Gasteiger partial charge is 0.472 e. The first-order valence-corrected chi connectivity index (χ1v) is 30.1. The Morgan fingerprint density at radius 1 is 0.486 bits per heavy atom.